The van der Waals surface area contributed by atoms with Gasteiger partial charge in [0.05, 0.1) is 0 Å². The van der Waals surface area contributed by atoms with E-state index >= 15 is 4.39 Å². The number of benzene rings is 4. The molecule has 0 N–H and O–H groups in total. The smallest absolute Gasteiger partial charge is 0.166 e. The standard InChI is InChI=1S/C26H15FN2O/c27-25-22(17-29)26(30-20-14-8-3-9-15-20)21(16-28)23(18-10-4-1-5-11-18)24(25)19-12-6-2-7-13-19/h1-15H. The third-order valence-electron chi connectivity index (χ3n) is 4.70. The number of hydrogen-bond donors (Lipinski definition) is 0. The number of rotatable bonds is 4. The zero-order valence-electron chi connectivity index (χ0n) is 15.8. The molecule has 0 spiro atoms. The molecule has 0 aliphatic heterocycles. The fourth-order valence-corrected chi connectivity index (χ4v) is 3.38. The Kier molecular flexibility index (Phi) is 5.24. The third kappa shape index (κ3) is 3.39. The Labute approximate surface area is 173 Å². The van der Waals surface area contributed by atoms with E-state index in [0.29, 0.717) is 22.4 Å². The molecule has 0 heterocycles. The molecule has 4 aromatic rings. The van der Waals surface area contributed by atoms with E-state index in [1.807, 2.05) is 36.4 Å². The zero-order valence-corrected chi connectivity index (χ0v) is 15.8. The molecule has 4 rings (SSSR count). The van der Waals surface area contributed by atoms with Gasteiger partial charge in [0.15, 0.2) is 11.6 Å². The van der Waals surface area contributed by atoms with E-state index in [1.54, 1.807) is 60.7 Å². The highest BCUT2D eigenvalue weighted by Gasteiger charge is 2.27. The van der Waals surface area contributed by atoms with Gasteiger partial charge in [-0.3, -0.25) is 0 Å². The molecule has 0 bridgehead atoms. The Balaban J connectivity index is 2.10. The van der Waals surface area contributed by atoms with Crippen molar-refractivity contribution in [3.63, 3.8) is 0 Å². The lowest BCUT2D eigenvalue weighted by molar-refractivity contribution is 0.473. The van der Waals surface area contributed by atoms with Gasteiger partial charge in [0.25, 0.3) is 0 Å². The highest BCUT2D eigenvalue weighted by Crippen LogP contribution is 2.44. The van der Waals surface area contributed by atoms with Gasteiger partial charge in [-0.25, -0.2) is 4.39 Å². The molecule has 4 aromatic carbocycles. The van der Waals surface area contributed by atoms with Crippen LogP contribution in [0.2, 0.25) is 0 Å². The number of para-hydroxylation sites is 1. The summed E-state index contributed by atoms with van der Waals surface area (Å²) >= 11 is 0. The fraction of sp³-hybridized carbons (Fsp3) is 0. The molecule has 0 atom stereocenters. The van der Waals surface area contributed by atoms with Crippen molar-refractivity contribution in [3.05, 3.63) is 108 Å². The van der Waals surface area contributed by atoms with Crippen molar-refractivity contribution in [2.75, 3.05) is 0 Å². The van der Waals surface area contributed by atoms with Gasteiger partial charge in [-0.15, -0.1) is 0 Å². The average Bonchev–Trinajstić information content (AvgIpc) is 2.81. The number of nitrogens with zero attached hydrogens (tertiary/aromatic N) is 2. The molecular formula is C26H15FN2O. The Morgan fingerprint density at radius 2 is 1.07 bits per heavy atom. The second-order valence-corrected chi connectivity index (χ2v) is 6.51. The van der Waals surface area contributed by atoms with Crippen LogP contribution in [0.5, 0.6) is 11.5 Å². The lowest BCUT2D eigenvalue weighted by Gasteiger charge is -2.19. The third-order valence-corrected chi connectivity index (χ3v) is 4.70. The molecule has 0 saturated carbocycles. The van der Waals surface area contributed by atoms with Crippen molar-refractivity contribution in [2.45, 2.75) is 0 Å². The number of ether oxygens (including phenoxy) is 1. The lowest BCUT2D eigenvalue weighted by Crippen LogP contribution is -2.03. The van der Waals surface area contributed by atoms with Crippen LogP contribution in [-0.2, 0) is 0 Å². The van der Waals surface area contributed by atoms with Crippen molar-refractivity contribution in [3.8, 4) is 45.9 Å². The first-order chi connectivity index (χ1) is 14.7. The number of nitriles is 2. The lowest BCUT2D eigenvalue weighted by atomic mass is 9.87. The minimum atomic E-state index is -0.715. The van der Waals surface area contributed by atoms with Gasteiger partial charge in [0.1, 0.15) is 29.0 Å². The summed E-state index contributed by atoms with van der Waals surface area (Å²) in [5, 5.41) is 19.8. The van der Waals surface area contributed by atoms with Gasteiger partial charge in [-0.1, -0.05) is 78.9 Å². The van der Waals surface area contributed by atoms with Crippen LogP contribution in [0.1, 0.15) is 11.1 Å². The topological polar surface area (TPSA) is 56.8 Å². The summed E-state index contributed by atoms with van der Waals surface area (Å²) < 4.78 is 21.6. The summed E-state index contributed by atoms with van der Waals surface area (Å²) in [4.78, 5) is 0. The van der Waals surface area contributed by atoms with Crippen molar-refractivity contribution in [2.24, 2.45) is 0 Å². The average molecular weight is 390 g/mol. The normalized spacial score (nSPS) is 10.1. The SMILES string of the molecule is N#Cc1c(F)c(-c2ccccc2)c(-c2ccccc2)c(C#N)c1Oc1ccccc1. The maximum atomic E-state index is 15.8. The number of halogens is 1. The van der Waals surface area contributed by atoms with Gasteiger partial charge in [-0.2, -0.15) is 10.5 Å². The Hall–Kier alpha value is -4.41. The summed E-state index contributed by atoms with van der Waals surface area (Å²) in [6, 6.07) is 30.8. The summed E-state index contributed by atoms with van der Waals surface area (Å²) in [5.74, 6) is -0.383. The Bertz CT molecular complexity index is 1270. The molecule has 3 nitrogen and oxygen atoms in total. The Morgan fingerprint density at radius 3 is 1.57 bits per heavy atom. The van der Waals surface area contributed by atoms with Crippen LogP contribution in [0.4, 0.5) is 4.39 Å². The molecule has 0 fully saturated rings. The van der Waals surface area contributed by atoms with Gasteiger partial charge in [-0.05, 0) is 23.3 Å². The van der Waals surface area contributed by atoms with Crippen molar-refractivity contribution in [1.29, 1.82) is 10.5 Å². The molecule has 0 aliphatic carbocycles. The van der Waals surface area contributed by atoms with E-state index < -0.39 is 5.82 Å². The molecule has 30 heavy (non-hydrogen) atoms. The predicted octanol–water partition coefficient (Wildman–Crippen LogP) is 6.70. The predicted molar refractivity (Wildman–Crippen MR) is 113 cm³/mol. The molecule has 0 aromatic heterocycles. The van der Waals surface area contributed by atoms with E-state index in [2.05, 4.69) is 6.07 Å². The van der Waals surface area contributed by atoms with Crippen LogP contribution in [-0.4, -0.2) is 0 Å². The first-order valence-corrected chi connectivity index (χ1v) is 9.28. The second-order valence-electron chi connectivity index (χ2n) is 6.51. The highest BCUT2D eigenvalue weighted by molar-refractivity contribution is 5.91. The molecular weight excluding hydrogens is 375 g/mol. The monoisotopic (exact) mass is 390 g/mol. The fourth-order valence-electron chi connectivity index (χ4n) is 3.38. The molecule has 0 amide bonds. The molecule has 0 radical (unpaired) electrons. The van der Waals surface area contributed by atoms with E-state index in [-0.39, 0.29) is 22.4 Å². The van der Waals surface area contributed by atoms with Crippen LogP contribution in [0.25, 0.3) is 22.3 Å². The van der Waals surface area contributed by atoms with Gasteiger partial charge >= 0.3 is 0 Å². The van der Waals surface area contributed by atoms with E-state index in [4.69, 9.17) is 4.74 Å². The largest absolute Gasteiger partial charge is 0.454 e. The quantitative estimate of drug-likeness (QED) is 0.390. The summed E-state index contributed by atoms with van der Waals surface area (Å²) in [5.41, 5.74) is 1.65. The number of hydrogen-bond acceptors (Lipinski definition) is 3. The van der Waals surface area contributed by atoms with Crippen molar-refractivity contribution < 1.29 is 9.13 Å². The van der Waals surface area contributed by atoms with Crippen LogP contribution in [0.3, 0.4) is 0 Å². The summed E-state index contributed by atoms with van der Waals surface area (Å²) in [6.45, 7) is 0. The molecule has 0 unspecified atom stereocenters. The zero-order chi connectivity index (χ0) is 20.9. The van der Waals surface area contributed by atoms with Crippen molar-refractivity contribution in [1.82, 2.24) is 0 Å². The summed E-state index contributed by atoms with van der Waals surface area (Å²) in [7, 11) is 0. The second kappa shape index (κ2) is 8.31. The maximum Gasteiger partial charge on any atom is 0.166 e. The van der Waals surface area contributed by atoms with Gasteiger partial charge < -0.3 is 4.74 Å². The molecule has 4 heteroatoms. The van der Waals surface area contributed by atoms with E-state index in [9.17, 15) is 10.5 Å². The van der Waals surface area contributed by atoms with Crippen LogP contribution in [0.15, 0.2) is 91.0 Å². The van der Waals surface area contributed by atoms with E-state index in [0.717, 1.165) is 0 Å². The highest BCUT2D eigenvalue weighted by atomic mass is 19.1. The van der Waals surface area contributed by atoms with Gasteiger partial charge in [0.2, 0.25) is 0 Å². The minimum Gasteiger partial charge on any atom is -0.454 e. The van der Waals surface area contributed by atoms with Crippen LogP contribution < -0.4 is 4.74 Å². The Morgan fingerprint density at radius 1 is 0.600 bits per heavy atom. The first-order valence-electron chi connectivity index (χ1n) is 9.28. The van der Waals surface area contributed by atoms with Crippen LogP contribution >= 0.6 is 0 Å². The van der Waals surface area contributed by atoms with E-state index in [1.165, 1.54) is 0 Å². The maximum absolute atomic E-state index is 15.8. The van der Waals surface area contributed by atoms with Gasteiger partial charge in [0, 0.05) is 11.1 Å². The summed E-state index contributed by atoms with van der Waals surface area (Å²) in [6.07, 6.45) is 0. The molecule has 0 saturated heterocycles. The molecule has 0 aliphatic rings. The minimum absolute atomic E-state index is 0.0813. The van der Waals surface area contributed by atoms with Crippen LogP contribution in [0, 0.1) is 28.5 Å². The first kappa shape index (κ1) is 18.9. The van der Waals surface area contributed by atoms with Crippen molar-refractivity contribution >= 4 is 0 Å². The molecule has 142 valence electrons.